The van der Waals surface area contributed by atoms with Crippen LogP contribution in [0.1, 0.15) is 24.3 Å². The van der Waals surface area contributed by atoms with Gasteiger partial charge in [-0.05, 0) is 37.0 Å². The topological polar surface area (TPSA) is 50.2 Å². The summed E-state index contributed by atoms with van der Waals surface area (Å²) in [6, 6.07) is 6.62. The van der Waals surface area contributed by atoms with Gasteiger partial charge in [0.25, 0.3) is 5.56 Å². The number of benzene rings is 1. The molecule has 4 nitrogen and oxygen atoms in total. The van der Waals surface area contributed by atoms with Crippen LogP contribution in [-0.2, 0) is 0 Å². The van der Waals surface area contributed by atoms with Gasteiger partial charge in [0.05, 0.1) is 10.7 Å². The number of hydrogen-bond donors (Lipinski definition) is 1. The van der Waals surface area contributed by atoms with E-state index in [9.17, 15) is 4.79 Å². The first-order chi connectivity index (χ1) is 10.1. The number of aromatic nitrogens is 3. The standard InChI is InChI=1S/C15H11Cl2N3O/c16-9-3-4-12(17)10(5-9)13-6-14(21)20-15(19-13)11(7-18-20)8-1-2-8/h3-8,18H,1-2H2. The quantitative estimate of drug-likeness (QED) is 0.779. The Bertz CT molecular complexity index is 909. The fraction of sp³-hybridized carbons (Fsp3) is 0.200. The lowest BCUT2D eigenvalue weighted by atomic mass is 10.1. The van der Waals surface area contributed by atoms with Crippen molar-refractivity contribution in [1.82, 2.24) is 14.6 Å². The zero-order chi connectivity index (χ0) is 14.6. The van der Waals surface area contributed by atoms with Crippen LogP contribution < -0.4 is 5.56 Å². The Hall–Kier alpha value is -1.78. The van der Waals surface area contributed by atoms with E-state index in [0.29, 0.717) is 32.9 Å². The number of halogens is 2. The number of nitrogens with one attached hydrogen (secondary N) is 1. The van der Waals surface area contributed by atoms with Crippen LogP contribution in [0.5, 0.6) is 0 Å². The first kappa shape index (κ1) is 12.9. The number of aromatic amines is 1. The second-order valence-corrected chi connectivity index (χ2v) is 6.11. The fourth-order valence-electron chi connectivity index (χ4n) is 2.53. The number of H-pyrrole nitrogens is 1. The Labute approximate surface area is 130 Å². The van der Waals surface area contributed by atoms with E-state index in [1.165, 1.54) is 10.6 Å². The van der Waals surface area contributed by atoms with E-state index >= 15 is 0 Å². The van der Waals surface area contributed by atoms with Gasteiger partial charge in [-0.15, -0.1) is 0 Å². The van der Waals surface area contributed by atoms with Gasteiger partial charge in [-0.3, -0.25) is 9.89 Å². The largest absolute Gasteiger partial charge is 0.297 e. The molecule has 1 aromatic carbocycles. The van der Waals surface area contributed by atoms with Gasteiger partial charge in [-0.2, -0.15) is 0 Å². The summed E-state index contributed by atoms with van der Waals surface area (Å²) in [6.07, 6.45) is 4.15. The monoisotopic (exact) mass is 319 g/mol. The van der Waals surface area contributed by atoms with Crippen molar-refractivity contribution in [2.24, 2.45) is 0 Å². The highest BCUT2D eigenvalue weighted by atomic mass is 35.5. The molecule has 0 amide bonds. The van der Waals surface area contributed by atoms with E-state index in [4.69, 9.17) is 23.2 Å². The molecule has 21 heavy (non-hydrogen) atoms. The van der Waals surface area contributed by atoms with Crippen molar-refractivity contribution >= 4 is 28.8 Å². The molecule has 1 aliphatic carbocycles. The Morgan fingerprint density at radius 1 is 1.24 bits per heavy atom. The first-order valence-corrected chi connectivity index (χ1v) is 7.45. The van der Waals surface area contributed by atoms with Crippen molar-refractivity contribution < 1.29 is 0 Å². The Balaban J connectivity index is 1.99. The Kier molecular flexibility index (Phi) is 2.84. The van der Waals surface area contributed by atoms with Gasteiger partial charge in [-0.1, -0.05) is 23.2 Å². The van der Waals surface area contributed by atoms with Crippen molar-refractivity contribution in [2.75, 3.05) is 0 Å². The molecule has 0 spiro atoms. The molecule has 0 bridgehead atoms. The Morgan fingerprint density at radius 3 is 2.81 bits per heavy atom. The van der Waals surface area contributed by atoms with E-state index in [-0.39, 0.29) is 5.56 Å². The molecule has 3 aromatic rings. The molecule has 1 fully saturated rings. The van der Waals surface area contributed by atoms with E-state index in [0.717, 1.165) is 18.4 Å². The van der Waals surface area contributed by atoms with Crippen molar-refractivity contribution in [3.8, 4) is 11.3 Å². The Morgan fingerprint density at radius 2 is 2.05 bits per heavy atom. The third-order valence-electron chi connectivity index (χ3n) is 3.75. The fourth-order valence-corrected chi connectivity index (χ4v) is 2.91. The predicted molar refractivity (Wildman–Crippen MR) is 83.2 cm³/mol. The molecule has 0 unspecified atom stereocenters. The van der Waals surface area contributed by atoms with Crippen LogP contribution in [-0.4, -0.2) is 14.6 Å². The summed E-state index contributed by atoms with van der Waals surface area (Å²) in [5.74, 6) is 0.503. The van der Waals surface area contributed by atoms with E-state index in [1.807, 2.05) is 6.20 Å². The molecule has 4 rings (SSSR count). The summed E-state index contributed by atoms with van der Waals surface area (Å²) < 4.78 is 1.47. The number of nitrogens with zero attached hydrogens (tertiary/aromatic N) is 2. The second-order valence-electron chi connectivity index (χ2n) is 5.27. The summed E-state index contributed by atoms with van der Waals surface area (Å²) in [5.41, 5.74) is 2.83. The van der Waals surface area contributed by atoms with Crippen molar-refractivity contribution in [1.29, 1.82) is 0 Å². The second kappa shape index (κ2) is 4.61. The molecule has 1 N–H and O–H groups in total. The number of fused-ring (bicyclic) bond motifs is 1. The molecule has 2 heterocycles. The number of hydrogen-bond acceptors (Lipinski definition) is 2. The maximum absolute atomic E-state index is 12.2. The van der Waals surface area contributed by atoms with Gasteiger partial charge >= 0.3 is 0 Å². The van der Waals surface area contributed by atoms with Gasteiger partial charge in [0.2, 0.25) is 0 Å². The maximum atomic E-state index is 12.2. The minimum absolute atomic E-state index is 0.155. The highest BCUT2D eigenvalue weighted by Gasteiger charge is 2.27. The molecule has 1 aliphatic rings. The molecule has 2 aromatic heterocycles. The number of rotatable bonds is 2. The van der Waals surface area contributed by atoms with Crippen LogP contribution in [0, 0.1) is 0 Å². The van der Waals surface area contributed by atoms with Crippen LogP contribution in [0.4, 0.5) is 0 Å². The van der Waals surface area contributed by atoms with Crippen LogP contribution in [0.2, 0.25) is 10.0 Å². The molecule has 6 heteroatoms. The lowest BCUT2D eigenvalue weighted by Crippen LogP contribution is -2.14. The highest BCUT2D eigenvalue weighted by molar-refractivity contribution is 6.35. The van der Waals surface area contributed by atoms with Gasteiger partial charge in [0.1, 0.15) is 0 Å². The molecule has 106 valence electrons. The molecular weight excluding hydrogens is 309 g/mol. The van der Waals surface area contributed by atoms with Crippen LogP contribution in [0.15, 0.2) is 35.3 Å². The third kappa shape index (κ3) is 2.15. The smallest absolute Gasteiger partial charge is 0.273 e. The van der Waals surface area contributed by atoms with Crippen LogP contribution in [0.25, 0.3) is 16.9 Å². The van der Waals surface area contributed by atoms with E-state index in [2.05, 4.69) is 10.1 Å². The molecule has 0 aliphatic heterocycles. The van der Waals surface area contributed by atoms with Crippen molar-refractivity contribution in [3.05, 3.63) is 56.4 Å². The van der Waals surface area contributed by atoms with Crippen LogP contribution >= 0.6 is 23.2 Å². The maximum Gasteiger partial charge on any atom is 0.273 e. The molecular formula is C15H11Cl2N3O. The van der Waals surface area contributed by atoms with Gasteiger partial charge < -0.3 is 0 Å². The summed E-state index contributed by atoms with van der Waals surface area (Å²) in [7, 11) is 0. The zero-order valence-corrected chi connectivity index (χ0v) is 12.4. The van der Waals surface area contributed by atoms with E-state index < -0.39 is 0 Å². The predicted octanol–water partition coefficient (Wildman–Crippen LogP) is 3.87. The summed E-state index contributed by atoms with van der Waals surface area (Å²) in [6.45, 7) is 0. The minimum atomic E-state index is -0.155. The van der Waals surface area contributed by atoms with Crippen LogP contribution in [0.3, 0.4) is 0 Å². The molecule has 0 radical (unpaired) electrons. The summed E-state index contributed by atoms with van der Waals surface area (Å²) in [4.78, 5) is 16.9. The minimum Gasteiger partial charge on any atom is -0.297 e. The summed E-state index contributed by atoms with van der Waals surface area (Å²) in [5, 5.41) is 4.05. The highest BCUT2D eigenvalue weighted by Crippen LogP contribution is 2.41. The third-order valence-corrected chi connectivity index (χ3v) is 4.31. The summed E-state index contributed by atoms with van der Waals surface area (Å²) >= 11 is 12.2. The van der Waals surface area contributed by atoms with Crippen molar-refractivity contribution in [3.63, 3.8) is 0 Å². The van der Waals surface area contributed by atoms with Gasteiger partial charge in [-0.25, -0.2) is 9.50 Å². The molecule has 1 saturated carbocycles. The average molecular weight is 320 g/mol. The molecule has 0 saturated heterocycles. The van der Waals surface area contributed by atoms with Gasteiger partial charge in [0, 0.05) is 28.4 Å². The lowest BCUT2D eigenvalue weighted by molar-refractivity contribution is 0.901. The van der Waals surface area contributed by atoms with E-state index in [1.54, 1.807) is 18.2 Å². The molecule has 0 atom stereocenters. The van der Waals surface area contributed by atoms with Crippen molar-refractivity contribution in [2.45, 2.75) is 18.8 Å². The first-order valence-electron chi connectivity index (χ1n) is 6.70. The zero-order valence-electron chi connectivity index (χ0n) is 10.9. The normalized spacial score (nSPS) is 14.8. The SMILES string of the molecule is O=c1cc(-c2cc(Cl)ccc2Cl)nc2c(C3CC3)c[nH]n12. The van der Waals surface area contributed by atoms with Gasteiger partial charge in [0.15, 0.2) is 5.65 Å². The lowest BCUT2D eigenvalue weighted by Gasteiger charge is -2.05. The average Bonchev–Trinajstić information content (AvgIpc) is 3.21.